The first-order valence-corrected chi connectivity index (χ1v) is 2.05. The molecule has 0 aromatic rings. The average molecular weight is 131 g/mol. The molecule has 0 aliphatic heterocycles. The zero-order valence-corrected chi connectivity index (χ0v) is 4.66. The second-order valence-corrected chi connectivity index (χ2v) is 1.53. The molecule has 1 atom stereocenters. The molecule has 9 heavy (non-hydrogen) atoms. The minimum absolute atomic E-state index is 0.875. The van der Waals surface area contributed by atoms with Crippen molar-refractivity contribution in [1.29, 1.82) is 0 Å². The van der Waals surface area contributed by atoms with Crippen molar-refractivity contribution in [2.75, 3.05) is 0 Å². The molecule has 0 saturated heterocycles. The fourth-order valence-electron chi connectivity index (χ4n) is 0.137. The van der Waals surface area contributed by atoms with Gasteiger partial charge in [0, 0.05) is 0 Å². The Hall–Kier alpha value is -1.19. The highest BCUT2D eigenvalue weighted by Gasteiger charge is 2.28. The first-order valence-electron chi connectivity index (χ1n) is 2.05. The van der Waals surface area contributed by atoms with E-state index < -0.39 is 11.7 Å². The fraction of sp³-hybridized carbons (Fsp3) is 0.500. The zero-order chi connectivity index (χ0) is 7.49. The van der Waals surface area contributed by atoms with E-state index in [2.05, 4.69) is 4.99 Å². The molecule has 0 spiro atoms. The van der Waals surface area contributed by atoms with E-state index in [9.17, 15) is 9.59 Å². The van der Waals surface area contributed by atoms with Crippen molar-refractivity contribution < 1.29 is 19.8 Å². The normalized spacial score (nSPS) is 15.3. The number of aliphatic imine (C=N–C) groups is 1. The average Bonchev–Trinajstić information content (AvgIpc) is 1.65. The predicted octanol–water partition coefficient (Wildman–Crippen LogP) is -0.885. The first kappa shape index (κ1) is 7.81. The van der Waals surface area contributed by atoms with Gasteiger partial charge in [-0.05, 0) is 6.92 Å². The minimum atomic E-state index is -2.33. The van der Waals surface area contributed by atoms with Crippen LogP contribution in [0.3, 0.4) is 0 Å². The number of isocyanates is 1. The van der Waals surface area contributed by atoms with Gasteiger partial charge >= 0.3 is 5.97 Å². The molecule has 0 aromatic heterocycles. The summed E-state index contributed by atoms with van der Waals surface area (Å²) < 4.78 is 0. The lowest BCUT2D eigenvalue weighted by atomic mass is 10.3. The van der Waals surface area contributed by atoms with Crippen LogP contribution in [0.1, 0.15) is 6.92 Å². The molecule has 0 rings (SSSR count). The van der Waals surface area contributed by atoms with Crippen molar-refractivity contribution >= 4 is 12.0 Å². The zero-order valence-electron chi connectivity index (χ0n) is 4.66. The third kappa shape index (κ3) is 2.03. The first-order chi connectivity index (χ1) is 4.00. The van der Waals surface area contributed by atoms with Crippen LogP contribution in [0.2, 0.25) is 0 Å². The van der Waals surface area contributed by atoms with Gasteiger partial charge in [-0.25, -0.2) is 9.59 Å². The maximum absolute atomic E-state index is 9.89. The van der Waals surface area contributed by atoms with E-state index in [0.29, 0.717) is 0 Å². The molecular weight excluding hydrogens is 126 g/mol. The number of nitrogens with zero attached hydrogens (tertiary/aromatic N) is 1. The summed E-state index contributed by atoms with van der Waals surface area (Å²) in [7, 11) is 0. The molecule has 50 valence electrons. The van der Waals surface area contributed by atoms with Gasteiger partial charge in [0.1, 0.15) is 0 Å². The third-order valence-electron chi connectivity index (χ3n) is 0.669. The summed E-state index contributed by atoms with van der Waals surface area (Å²) in [4.78, 5) is 21.9. The van der Waals surface area contributed by atoms with E-state index in [0.717, 1.165) is 13.0 Å². The largest absolute Gasteiger partial charge is 0.478 e. The molecule has 0 amide bonds. The molecule has 2 N–H and O–H groups in total. The molecule has 0 bridgehead atoms. The second-order valence-electron chi connectivity index (χ2n) is 1.53. The molecule has 0 aliphatic rings. The second kappa shape index (κ2) is 2.39. The maximum atomic E-state index is 9.89. The number of carboxylic acids is 1. The Kier molecular flexibility index (Phi) is 2.07. The molecule has 0 heterocycles. The van der Waals surface area contributed by atoms with Crippen molar-refractivity contribution in [1.82, 2.24) is 0 Å². The van der Waals surface area contributed by atoms with Crippen LogP contribution >= 0.6 is 0 Å². The van der Waals surface area contributed by atoms with E-state index >= 15 is 0 Å². The number of aliphatic hydroxyl groups is 1. The van der Waals surface area contributed by atoms with E-state index in [1.165, 1.54) is 0 Å². The lowest BCUT2D eigenvalue weighted by molar-refractivity contribution is -0.155. The Bertz CT molecular complexity index is 163. The Balaban J connectivity index is 4.37. The topological polar surface area (TPSA) is 87.0 Å². The number of aliphatic carboxylic acids is 1. The molecule has 0 fully saturated rings. The predicted molar refractivity (Wildman–Crippen MR) is 26.4 cm³/mol. The Morgan fingerprint density at radius 3 is 2.33 bits per heavy atom. The minimum Gasteiger partial charge on any atom is -0.478 e. The molecule has 0 aliphatic carbocycles. The molecular formula is C4H5NO4. The summed E-state index contributed by atoms with van der Waals surface area (Å²) >= 11 is 0. The van der Waals surface area contributed by atoms with Gasteiger partial charge in [-0.3, -0.25) is 0 Å². The van der Waals surface area contributed by atoms with Gasteiger partial charge in [0.25, 0.3) is 5.72 Å². The van der Waals surface area contributed by atoms with Crippen molar-refractivity contribution in [2.24, 2.45) is 4.99 Å². The van der Waals surface area contributed by atoms with Crippen molar-refractivity contribution in [3.05, 3.63) is 0 Å². The molecule has 5 heteroatoms. The Morgan fingerprint density at radius 2 is 2.22 bits per heavy atom. The van der Waals surface area contributed by atoms with Crippen LogP contribution < -0.4 is 0 Å². The highest BCUT2D eigenvalue weighted by atomic mass is 16.4. The van der Waals surface area contributed by atoms with Crippen LogP contribution in [0.15, 0.2) is 4.99 Å². The summed E-state index contributed by atoms with van der Waals surface area (Å²) in [5.74, 6) is -1.58. The molecule has 5 nitrogen and oxygen atoms in total. The van der Waals surface area contributed by atoms with Crippen LogP contribution in [0.5, 0.6) is 0 Å². The molecule has 0 radical (unpaired) electrons. The van der Waals surface area contributed by atoms with Crippen LogP contribution in [0.4, 0.5) is 0 Å². The van der Waals surface area contributed by atoms with Crippen LogP contribution in [0, 0.1) is 0 Å². The highest BCUT2D eigenvalue weighted by Crippen LogP contribution is 2.01. The Labute approximate surface area is 50.6 Å². The SMILES string of the molecule is CC(O)(N=C=O)C(=O)O. The van der Waals surface area contributed by atoms with E-state index in [1.54, 1.807) is 0 Å². The lowest BCUT2D eigenvalue weighted by Gasteiger charge is -2.07. The fourth-order valence-corrected chi connectivity index (χ4v) is 0.137. The van der Waals surface area contributed by atoms with E-state index in [1.807, 2.05) is 0 Å². The Morgan fingerprint density at radius 1 is 1.78 bits per heavy atom. The maximum Gasteiger partial charge on any atom is 0.359 e. The van der Waals surface area contributed by atoms with Crippen molar-refractivity contribution in [3.8, 4) is 0 Å². The van der Waals surface area contributed by atoms with Crippen LogP contribution in [0.25, 0.3) is 0 Å². The lowest BCUT2D eigenvalue weighted by Crippen LogP contribution is -2.31. The van der Waals surface area contributed by atoms with E-state index in [4.69, 9.17) is 10.2 Å². The summed E-state index contributed by atoms with van der Waals surface area (Å²) in [6.45, 7) is 0.875. The highest BCUT2D eigenvalue weighted by molar-refractivity contribution is 5.77. The number of carboxylic acid groups (broad SMARTS) is 1. The van der Waals surface area contributed by atoms with Gasteiger partial charge in [-0.2, -0.15) is 4.99 Å². The standard InChI is InChI=1S/C4H5NO4/c1-4(9,3(7)8)5-2-6/h9H,1H3,(H,7,8). The van der Waals surface area contributed by atoms with Gasteiger partial charge in [0.15, 0.2) is 0 Å². The number of hydrogen-bond donors (Lipinski definition) is 2. The monoisotopic (exact) mass is 131 g/mol. The summed E-state index contributed by atoms with van der Waals surface area (Å²) in [5.41, 5.74) is -2.33. The summed E-state index contributed by atoms with van der Waals surface area (Å²) in [6, 6.07) is 0. The number of hydrogen-bond acceptors (Lipinski definition) is 4. The van der Waals surface area contributed by atoms with Gasteiger partial charge in [0.05, 0.1) is 0 Å². The van der Waals surface area contributed by atoms with Gasteiger partial charge < -0.3 is 10.2 Å². The van der Waals surface area contributed by atoms with Gasteiger partial charge in [0.2, 0.25) is 6.08 Å². The quantitative estimate of drug-likeness (QED) is 0.376. The molecule has 0 saturated carbocycles. The smallest absolute Gasteiger partial charge is 0.359 e. The van der Waals surface area contributed by atoms with Crippen molar-refractivity contribution in [2.45, 2.75) is 12.6 Å². The summed E-state index contributed by atoms with van der Waals surface area (Å²) in [5, 5.41) is 16.6. The van der Waals surface area contributed by atoms with Crippen molar-refractivity contribution in [3.63, 3.8) is 0 Å². The molecule has 1 unspecified atom stereocenters. The summed E-state index contributed by atoms with van der Waals surface area (Å²) in [6.07, 6.45) is 0.933. The number of carbonyl (C=O) groups is 1. The van der Waals surface area contributed by atoms with Crippen LogP contribution in [-0.2, 0) is 9.59 Å². The number of carbonyl (C=O) groups excluding carboxylic acids is 1. The van der Waals surface area contributed by atoms with Crippen LogP contribution in [-0.4, -0.2) is 28.0 Å². The van der Waals surface area contributed by atoms with E-state index in [-0.39, 0.29) is 0 Å². The van der Waals surface area contributed by atoms with Gasteiger partial charge in [-0.1, -0.05) is 0 Å². The van der Waals surface area contributed by atoms with Gasteiger partial charge in [-0.15, -0.1) is 0 Å². The molecule has 0 aromatic carbocycles. The number of rotatable bonds is 2. The third-order valence-corrected chi connectivity index (χ3v) is 0.669.